The van der Waals surface area contributed by atoms with E-state index in [2.05, 4.69) is 17.2 Å². The van der Waals surface area contributed by atoms with E-state index in [1.165, 1.54) is 12.1 Å². The molecule has 0 saturated carbocycles. The normalized spacial score (nSPS) is 13.7. The molecule has 10 heteroatoms. The molecule has 1 aliphatic heterocycles. The van der Waals surface area contributed by atoms with E-state index in [9.17, 15) is 14.9 Å². The van der Waals surface area contributed by atoms with Crippen LogP contribution in [-0.4, -0.2) is 42.1 Å². The number of amides is 1. The van der Waals surface area contributed by atoms with E-state index in [1.54, 1.807) is 24.3 Å². The number of nitrogens with zero attached hydrogens (tertiary/aromatic N) is 3. The molecular weight excluding hydrogens is 484 g/mol. The number of carbonyl (C=O) groups excluding carboxylic acids is 1. The summed E-state index contributed by atoms with van der Waals surface area (Å²) in [5.74, 6) is -0.137. The predicted octanol–water partition coefficient (Wildman–Crippen LogP) is 5.71. The van der Waals surface area contributed by atoms with Crippen LogP contribution >= 0.6 is 11.6 Å². The van der Waals surface area contributed by atoms with Crippen molar-refractivity contribution in [2.45, 2.75) is 13.3 Å². The monoisotopic (exact) mass is 506 g/mol. The lowest BCUT2D eigenvalue weighted by Crippen LogP contribution is -2.37. The molecule has 1 saturated heterocycles. The van der Waals surface area contributed by atoms with Crippen LogP contribution in [0.15, 0.2) is 59.0 Å². The summed E-state index contributed by atoms with van der Waals surface area (Å²) in [5.41, 5.74) is 4.14. The van der Waals surface area contributed by atoms with E-state index in [1.807, 2.05) is 23.1 Å². The average Bonchev–Trinajstić information content (AvgIpc) is 3.33. The van der Waals surface area contributed by atoms with Crippen molar-refractivity contribution in [2.75, 3.05) is 36.5 Å². The summed E-state index contributed by atoms with van der Waals surface area (Å²) in [4.78, 5) is 30.8. The van der Waals surface area contributed by atoms with Crippen LogP contribution in [0.2, 0.25) is 5.02 Å². The molecule has 1 N–H and O–H groups in total. The highest BCUT2D eigenvalue weighted by atomic mass is 35.5. The number of morpholine rings is 1. The lowest BCUT2D eigenvalue weighted by molar-refractivity contribution is -0.384. The number of fused-ring (bicyclic) bond motifs is 1. The van der Waals surface area contributed by atoms with Gasteiger partial charge in [-0.25, -0.2) is 4.98 Å². The summed E-state index contributed by atoms with van der Waals surface area (Å²) in [7, 11) is 0. The fourth-order valence-corrected chi connectivity index (χ4v) is 4.37. The maximum absolute atomic E-state index is 13.3. The fourth-order valence-electron chi connectivity index (χ4n) is 4.17. The largest absolute Gasteiger partial charge is 0.436 e. The van der Waals surface area contributed by atoms with Crippen molar-refractivity contribution >= 4 is 45.7 Å². The van der Waals surface area contributed by atoms with Crippen LogP contribution in [0.5, 0.6) is 0 Å². The second kappa shape index (κ2) is 9.96. The molecule has 1 amide bonds. The van der Waals surface area contributed by atoms with Crippen LogP contribution in [0.3, 0.4) is 0 Å². The van der Waals surface area contributed by atoms with E-state index < -0.39 is 10.8 Å². The molecule has 2 heterocycles. The van der Waals surface area contributed by atoms with Gasteiger partial charge in [-0.3, -0.25) is 14.9 Å². The van der Waals surface area contributed by atoms with Gasteiger partial charge in [0, 0.05) is 30.9 Å². The topological polar surface area (TPSA) is 111 Å². The van der Waals surface area contributed by atoms with Gasteiger partial charge in [0.2, 0.25) is 5.89 Å². The van der Waals surface area contributed by atoms with E-state index in [4.69, 9.17) is 20.8 Å². The Bertz CT molecular complexity index is 1460. The number of carbonyl (C=O) groups is 1. The SMILES string of the molecule is CCc1ccc2oc(-c3cc(NC(=O)c4cc([N+](=O)[O-])ccc4N4CCOCC4)ccc3Cl)nc2c1. The van der Waals surface area contributed by atoms with Gasteiger partial charge < -0.3 is 19.4 Å². The number of oxazole rings is 1. The first-order valence-corrected chi connectivity index (χ1v) is 11.9. The van der Waals surface area contributed by atoms with Gasteiger partial charge in [-0.05, 0) is 48.4 Å². The first-order chi connectivity index (χ1) is 17.4. The number of halogens is 1. The molecule has 0 unspecified atom stereocenters. The number of nitro benzene ring substituents is 1. The minimum absolute atomic E-state index is 0.160. The van der Waals surface area contributed by atoms with Crippen molar-refractivity contribution in [3.8, 4) is 11.5 Å². The Labute approximate surface area is 211 Å². The minimum Gasteiger partial charge on any atom is -0.436 e. The number of rotatable bonds is 6. The highest BCUT2D eigenvalue weighted by Crippen LogP contribution is 2.33. The summed E-state index contributed by atoms with van der Waals surface area (Å²) in [6.07, 6.45) is 0.879. The number of nitro groups is 1. The Morgan fingerprint density at radius 1 is 1.14 bits per heavy atom. The second-order valence-corrected chi connectivity index (χ2v) is 8.79. The van der Waals surface area contributed by atoms with E-state index in [-0.39, 0.29) is 11.3 Å². The van der Waals surface area contributed by atoms with Gasteiger partial charge in [0.25, 0.3) is 11.6 Å². The molecule has 0 bridgehead atoms. The molecular formula is C26H23ClN4O5. The maximum atomic E-state index is 13.3. The van der Waals surface area contributed by atoms with Crippen molar-refractivity contribution in [1.29, 1.82) is 0 Å². The number of nitrogens with one attached hydrogen (secondary N) is 1. The Morgan fingerprint density at radius 2 is 1.94 bits per heavy atom. The van der Waals surface area contributed by atoms with Gasteiger partial charge in [-0.2, -0.15) is 0 Å². The number of anilines is 2. The first kappa shape index (κ1) is 23.8. The molecule has 0 atom stereocenters. The Kier molecular flexibility index (Phi) is 6.58. The van der Waals surface area contributed by atoms with Crippen LogP contribution in [0.1, 0.15) is 22.8 Å². The van der Waals surface area contributed by atoms with Gasteiger partial charge in [0.15, 0.2) is 5.58 Å². The number of aryl methyl sites for hydroxylation is 1. The summed E-state index contributed by atoms with van der Waals surface area (Å²) in [6.45, 7) is 4.27. The van der Waals surface area contributed by atoms with Gasteiger partial charge in [-0.1, -0.05) is 24.6 Å². The molecule has 0 spiro atoms. The molecule has 0 aliphatic carbocycles. The van der Waals surface area contributed by atoms with Gasteiger partial charge in [0.1, 0.15) is 5.52 Å². The van der Waals surface area contributed by atoms with Crippen LogP contribution in [-0.2, 0) is 11.2 Å². The standard InChI is InChI=1S/C26H23ClN4O5/c1-2-16-3-8-24-22(13-16)29-26(36-24)19-14-17(4-6-21(19)27)28-25(32)20-15-18(31(33)34)5-7-23(20)30-9-11-35-12-10-30/h3-8,13-15H,2,9-12H2,1H3,(H,28,32). The highest BCUT2D eigenvalue weighted by Gasteiger charge is 2.23. The van der Waals surface area contributed by atoms with Crippen molar-refractivity contribution < 1.29 is 18.9 Å². The molecule has 4 aromatic rings. The van der Waals surface area contributed by atoms with Crippen molar-refractivity contribution in [3.63, 3.8) is 0 Å². The Balaban J connectivity index is 1.47. The summed E-state index contributed by atoms with van der Waals surface area (Å²) in [6, 6.07) is 15.1. The van der Waals surface area contributed by atoms with E-state index in [0.29, 0.717) is 59.7 Å². The zero-order chi connectivity index (χ0) is 25.2. The van der Waals surface area contributed by atoms with Gasteiger partial charge in [-0.15, -0.1) is 0 Å². The van der Waals surface area contributed by atoms with Crippen LogP contribution < -0.4 is 10.2 Å². The number of ether oxygens (including phenoxy) is 1. The smallest absolute Gasteiger partial charge is 0.270 e. The quantitative estimate of drug-likeness (QED) is 0.263. The molecule has 1 aromatic heterocycles. The van der Waals surface area contributed by atoms with Crippen LogP contribution in [0.25, 0.3) is 22.6 Å². The van der Waals surface area contributed by atoms with Crippen LogP contribution in [0.4, 0.5) is 17.1 Å². The molecule has 9 nitrogen and oxygen atoms in total. The lowest BCUT2D eigenvalue weighted by atomic mass is 10.1. The van der Waals surface area contributed by atoms with E-state index >= 15 is 0 Å². The molecule has 1 fully saturated rings. The van der Waals surface area contributed by atoms with Crippen molar-refractivity contribution in [2.24, 2.45) is 0 Å². The number of hydrogen-bond donors (Lipinski definition) is 1. The molecule has 5 rings (SSSR count). The second-order valence-electron chi connectivity index (χ2n) is 8.38. The van der Waals surface area contributed by atoms with Crippen molar-refractivity contribution in [3.05, 3.63) is 80.9 Å². The molecule has 184 valence electrons. The average molecular weight is 507 g/mol. The zero-order valence-electron chi connectivity index (χ0n) is 19.5. The zero-order valence-corrected chi connectivity index (χ0v) is 20.2. The van der Waals surface area contributed by atoms with E-state index in [0.717, 1.165) is 17.5 Å². The number of non-ortho nitro benzene ring substituents is 1. The van der Waals surface area contributed by atoms with Gasteiger partial charge >= 0.3 is 0 Å². The molecule has 36 heavy (non-hydrogen) atoms. The summed E-state index contributed by atoms with van der Waals surface area (Å²) in [5, 5.41) is 14.6. The molecule has 0 radical (unpaired) electrons. The Morgan fingerprint density at radius 3 is 2.69 bits per heavy atom. The lowest BCUT2D eigenvalue weighted by Gasteiger charge is -2.30. The third kappa shape index (κ3) is 4.75. The third-order valence-electron chi connectivity index (χ3n) is 6.10. The Hall–Kier alpha value is -3.95. The summed E-state index contributed by atoms with van der Waals surface area (Å²) < 4.78 is 11.3. The fraction of sp³-hybridized carbons (Fsp3) is 0.231. The molecule has 1 aliphatic rings. The number of benzene rings is 3. The predicted molar refractivity (Wildman–Crippen MR) is 138 cm³/mol. The minimum atomic E-state index is -0.516. The van der Waals surface area contributed by atoms with Crippen LogP contribution in [0, 0.1) is 10.1 Å². The molecule has 3 aromatic carbocycles. The maximum Gasteiger partial charge on any atom is 0.270 e. The van der Waals surface area contributed by atoms with Gasteiger partial charge in [0.05, 0.1) is 40.0 Å². The first-order valence-electron chi connectivity index (χ1n) is 11.5. The highest BCUT2D eigenvalue weighted by molar-refractivity contribution is 6.33. The number of hydrogen-bond acceptors (Lipinski definition) is 7. The third-order valence-corrected chi connectivity index (χ3v) is 6.43. The summed E-state index contributed by atoms with van der Waals surface area (Å²) >= 11 is 6.45. The van der Waals surface area contributed by atoms with Crippen molar-refractivity contribution in [1.82, 2.24) is 4.98 Å². The number of aromatic nitrogens is 1.